The van der Waals surface area contributed by atoms with E-state index >= 15 is 0 Å². The van der Waals surface area contributed by atoms with Gasteiger partial charge < -0.3 is 4.74 Å². The van der Waals surface area contributed by atoms with Crippen molar-refractivity contribution < 1.29 is 9.66 Å². The molecule has 0 fully saturated rings. The number of hydrogen-bond donors (Lipinski definition) is 0. The highest BCUT2D eigenvalue weighted by atomic mass is 35.5. The van der Waals surface area contributed by atoms with Crippen LogP contribution >= 0.6 is 11.6 Å². The highest BCUT2D eigenvalue weighted by molar-refractivity contribution is 6.20. The van der Waals surface area contributed by atoms with Gasteiger partial charge in [-0.05, 0) is 35.7 Å². The average Bonchev–Trinajstić information content (AvgIpc) is 2.65. The van der Waals surface area contributed by atoms with Crippen molar-refractivity contribution in [2.45, 2.75) is 24.3 Å². The number of nitro groups is 1. The summed E-state index contributed by atoms with van der Waals surface area (Å²) in [7, 11) is 0. The first-order chi connectivity index (χ1) is 10.1. The summed E-state index contributed by atoms with van der Waals surface area (Å²) in [6.07, 6.45) is 1.26. The topological polar surface area (TPSA) is 52.4 Å². The van der Waals surface area contributed by atoms with Crippen LogP contribution in [0.25, 0.3) is 0 Å². The lowest BCUT2D eigenvalue weighted by Crippen LogP contribution is -2.11. The molecule has 1 heterocycles. The van der Waals surface area contributed by atoms with Crippen LogP contribution in [0.15, 0.2) is 48.5 Å². The first-order valence-corrected chi connectivity index (χ1v) is 7.20. The molecule has 4 nitrogen and oxygen atoms in total. The van der Waals surface area contributed by atoms with Gasteiger partial charge in [-0.15, -0.1) is 11.6 Å². The van der Waals surface area contributed by atoms with Crippen molar-refractivity contribution in [3.8, 4) is 5.75 Å². The van der Waals surface area contributed by atoms with Crippen LogP contribution in [0, 0.1) is 10.1 Å². The second kappa shape index (κ2) is 5.74. The van der Waals surface area contributed by atoms with Gasteiger partial charge in [-0.1, -0.05) is 18.2 Å². The van der Waals surface area contributed by atoms with E-state index < -0.39 is 4.92 Å². The number of fused-ring (bicyclic) bond motifs is 1. The van der Waals surface area contributed by atoms with Crippen LogP contribution in [0.2, 0.25) is 0 Å². The van der Waals surface area contributed by atoms with E-state index in [9.17, 15) is 10.1 Å². The molecule has 1 aliphatic heterocycles. The lowest BCUT2D eigenvalue weighted by Gasteiger charge is -2.18. The second-order valence-electron chi connectivity index (χ2n) is 5.10. The molecule has 2 atom stereocenters. The number of rotatable bonds is 2. The van der Waals surface area contributed by atoms with E-state index in [-0.39, 0.29) is 17.2 Å². The third-order valence-electron chi connectivity index (χ3n) is 3.63. The predicted molar refractivity (Wildman–Crippen MR) is 80.9 cm³/mol. The highest BCUT2D eigenvalue weighted by Crippen LogP contribution is 2.35. The summed E-state index contributed by atoms with van der Waals surface area (Å²) >= 11 is 6.39. The van der Waals surface area contributed by atoms with Gasteiger partial charge >= 0.3 is 0 Å². The van der Waals surface area contributed by atoms with Crippen LogP contribution in [-0.2, 0) is 6.42 Å². The average molecular weight is 304 g/mol. The zero-order valence-electron chi connectivity index (χ0n) is 11.2. The first-order valence-electron chi connectivity index (χ1n) is 6.76. The molecular weight excluding hydrogens is 290 g/mol. The Morgan fingerprint density at radius 3 is 2.57 bits per heavy atom. The first kappa shape index (κ1) is 13.9. The van der Waals surface area contributed by atoms with Crippen LogP contribution in [0.1, 0.15) is 23.7 Å². The minimum absolute atomic E-state index is 0.0196. The summed E-state index contributed by atoms with van der Waals surface area (Å²) in [5, 5.41) is 10.7. The van der Waals surface area contributed by atoms with Crippen LogP contribution in [0.5, 0.6) is 5.75 Å². The number of hydrogen-bond acceptors (Lipinski definition) is 3. The largest absolute Gasteiger partial charge is 0.485 e. The van der Waals surface area contributed by atoms with Crippen LogP contribution in [0.4, 0.5) is 5.69 Å². The summed E-state index contributed by atoms with van der Waals surface area (Å²) in [5.74, 6) is 0.837. The smallest absolute Gasteiger partial charge is 0.269 e. The maximum absolute atomic E-state index is 10.7. The van der Waals surface area contributed by atoms with E-state index in [1.165, 1.54) is 12.1 Å². The molecule has 108 valence electrons. The van der Waals surface area contributed by atoms with E-state index in [1.54, 1.807) is 12.1 Å². The third-order valence-corrected chi connectivity index (χ3v) is 3.96. The van der Waals surface area contributed by atoms with Crippen molar-refractivity contribution in [3.63, 3.8) is 0 Å². The van der Waals surface area contributed by atoms with Crippen LogP contribution in [-0.4, -0.2) is 10.3 Å². The van der Waals surface area contributed by atoms with E-state index in [0.717, 1.165) is 23.3 Å². The Kier molecular flexibility index (Phi) is 3.80. The standard InChI is InChI=1S/C16H14ClNO3/c17-13-9-12-3-1-2-4-15(12)21-16(10-13)11-5-7-14(8-6-11)18(19)20/h1-8,13,16H,9-10H2/t13-,16+/m1/s1. The lowest BCUT2D eigenvalue weighted by molar-refractivity contribution is -0.384. The number of ether oxygens (including phenoxy) is 1. The van der Waals surface area contributed by atoms with Gasteiger partial charge in [0.25, 0.3) is 5.69 Å². The zero-order valence-corrected chi connectivity index (χ0v) is 12.0. The number of nitro benzene ring substituents is 1. The fourth-order valence-corrected chi connectivity index (χ4v) is 2.89. The maximum atomic E-state index is 10.7. The molecule has 0 amide bonds. The van der Waals surface area contributed by atoms with Crippen LogP contribution in [0.3, 0.4) is 0 Å². The van der Waals surface area contributed by atoms with Crippen molar-refractivity contribution in [2.24, 2.45) is 0 Å². The molecule has 0 aliphatic carbocycles. The number of benzene rings is 2. The van der Waals surface area contributed by atoms with E-state index in [1.807, 2.05) is 24.3 Å². The minimum Gasteiger partial charge on any atom is -0.485 e. The molecule has 0 saturated heterocycles. The number of nitrogens with zero attached hydrogens (tertiary/aromatic N) is 1. The Balaban J connectivity index is 1.90. The Labute approximate surface area is 127 Å². The van der Waals surface area contributed by atoms with E-state index in [0.29, 0.717) is 6.42 Å². The highest BCUT2D eigenvalue weighted by Gasteiger charge is 2.24. The second-order valence-corrected chi connectivity index (χ2v) is 5.72. The third kappa shape index (κ3) is 3.00. The van der Waals surface area contributed by atoms with Crippen molar-refractivity contribution in [2.75, 3.05) is 0 Å². The Bertz CT molecular complexity index is 657. The number of para-hydroxylation sites is 1. The summed E-state index contributed by atoms with van der Waals surface area (Å²) in [6.45, 7) is 0. The Morgan fingerprint density at radius 2 is 1.86 bits per heavy atom. The fraction of sp³-hybridized carbons (Fsp3) is 0.250. The molecule has 0 saturated carbocycles. The Morgan fingerprint density at radius 1 is 1.14 bits per heavy atom. The van der Waals surface area contributed by atoms with Crippen LogP contribution < -0.4 is 4.74 Å². The summed E-state index contributed by atoms with van der Waals surface area (Å²) in [5.41, 5.74) is 2.08. The van der Waals surface area contributed by atoms with Gasteiger partial charge in [0.15, 0.2) is 0 Å². The van der Waals surface area contributed by atoms with E-state index in [4.69, 9.17) is 16.3 Å². The zero-order chi connectivity index (χ0) is 14.8. The normalized spacial score (nSPS) is 21.0. The van der Waals surface area contributed by atoms with Gasteiger partial charge in [0.2, 0.25) is 0 Å². The molecule has 0 aromatic heterocycles. The van der Waals surface area contributed by atoms with Crippen molar-refractivity contribution >= 4 is 17.3 Å². The molecule has 0 radical (unpaired) electrons. The molecule has 2 aromatic rings. The summed E-state index contributed by atoms with van der Waals surface area (Å²) in [6, 6.07) is 14.3. The molecule has 0 N–H and O–H groups in total. The quantitative estimate of drug-likeness (QED) is 0.473. The van der Waals surface area contributed by atoms with E-state index in [2.05, 4.69) is 0 Å². The monoisotopic (exact) mass is 303 g/mol. The number of halogens is 1. The number of alkyl halides is 1. The predicted octanol–water partition coefficient (Wildman–Crippen LogP) is 4.27. The van der Waals surface area contributed by atoms with Crippen molar-refractivity contribution in [1.82, 2.24) is 0 Å². The lowest BCUT2D eigenvalue weighted by atomic mass is 10.0. The van der Waals surface area contributed by atoms with Gasteiger partial charge in [-0.2, -0.15) is 0 Å². The molecule has 21 heavy (non-hydrogen) atoms. The van der Waals surface area contributed by atoms with Gasteiger partial charge in [-0.3, -0.25) is 10.1 Å². The van der Waals surface area contributed by atoms with Crippen molar-refractivity contribution in [3.05, 3.63) is 69.8 Å². The van der Waals surface area contributed by atoms with Crippen molar-refractivity contribution in [1.29, 1.82) is 0 Å². The summed E-state index contributed by atoms with van der Waals surface area (Å²) < 4.78 is 6.06. The molecule has 3 rings (SSSR count). The molecule has 0 unspecified atom stereocenters. The molecule has 2 aromatic carbocycles. The number of non-ortho nitro benzene ring substituents is 1. The molecule has 1 aliphatic rings. The SMILES string of the molecule is O=[N+]([O-])c1ccc([C@@H]2C[C@H](Cl)Cc3ccccc3O2)cc1. The molecule has 0 bridgehead atoms. The summed E-state index contributed by atoms with van der Waals surface area (Å²) in [4.78, 5) is 10.3. The molecule has 0 spiro atoms. The minimum atomic E-state index is -0.405. The molecule has 5 heteroatoms. The van der Waals surface area contributed by atoms with Gasteiger partial charge in [-0.25, -0.2) is 0 Å². The Hall–Kier alpha value is -2.07. The maximum Gasteiger partial charge on any atom is 0.269 e. The van der Waals surface area contributed by atoms with Gasteiger partial charge in [0, 0.05) is 23.9 Å². The molecular formula is C16H14ClNO3. The fourth-order valence-electron chi connectivity index (χ4n) is 2.56. The van der Waals surface area contributed by atoms with Gasteiger partial charge in [0.05, 0.1) is 4.92 Å². The van der Waals surface area contributed by atoms with Gasteiger partial charge in [0.1, 0.15) is 11.9 Å².